The number of fused-ring (bicyclic) bond motifs is 4. The number of methoxy groups -OCH3 is 1. The quantitative estimate of drug-likeness (QED) is 0.373. The molecule has 0 aliphatic heterocycles. The minimum Gasteiger partial charge on any atom is -0.497 e. The number of para-hydroxylation sites is 2. The summed E-state index contributed by atoms with van der Waals surface area (Å²) in [6.07, 6.45) is 0. The largest absolute Gasteiger partial charge is 0.497 e. The van der Waals surface area contributed by atoms with Crippen LogP contribution in [0.3, 0.4) is 0 Å². The number of aromatic nitrogens is 2. The third kappa shape index (κ3) is 2.52. The molecule has 0 spiro atoms. The predicted molar refractivity (Wildman–Crippen MR) is 130 cm³/mol. The molecule has 0 saturated heterocycles. The molecule has 0 atom stereocenters. The highest BCUT2D eigenvalue weighted by atomic mass is 35.5. The fourth-order valence-electron chi connectivity index (χ4n) is 4.69. The lowest BCUT2D eigenvalue weighted by molar-refractivity contribution is -0.617. The highest BCUT2D eigenvalue weighted by Gasteiger charge is 2.26. The standard InChI is InChI=1S/C26H18ClN3O2/c1-29-21-5-3-4-6-22(21)30-25(29)17-12-14-20(28-15-7-9-16(32-2)10-8-15)24-19(27)13-11-18(23(17)24)26(30)31/h3-14H,1-2H3/p+1. The molecule has 2 heterocycles. The van der Waals surface area contributed by atoms with Crippen molar-refractivity contribution in [3.63, 3.8) is 0 Å². The average Bonchev–Trinajstić information content (AvgIpc) is 3.12. The van der Waals surface area contributed by atoms with Crippen molar-refractivity contribution in [2.45, 2.75) is 0 Å². The molecule has 0 unspecified atom stereocenters. The van der Waals surface area contributed by atoms with E-state index >= 15 is 0 Å². The maximum atomic E-state index is 13.6. The number of imidazole rings is 1. The van der Waals surface area contributed by atoms with Crippen molar-refractivity contribution in [2.24, 2.45) is 7.05 Å². The molecule has 6 rings (SSSR count). The van der Waals surface area contributed by atoms with Crippen molar-refractivity contribution >= 4 is 61.2 Å². The summed E-state index contributed by atoms with van der Waals surface area (Å²) in [4.78, 5) is 13.6. The molecule has 6 aromatic rings. The maximum absolute atomic E-state index is 13.6. The second kappa shape index (κ2) is 6.84. The number of rotatable bonds is 3. The van der Waals surface area contributed by atoms with Crippen LogP contribution >= 0.6 is 11.6 Å². The summed E-state index contributed by atoms with van der Waals surface area (Å²) in [5.41, 5.74) is 4.46. The Labute approximate surface area is 188 Å². The molecule has 0 radical (unpaired) electrons. The summed E-state index contributed by atoms with van der Waals surface area (Å²) >= 11 is 6.71. The molecule has 0 fully saturated rings. The van der Waals surface area contributed by atoms with Crippen molar-refractivity contribution in [1.29, 1.82) is 0 Å². The van der Waals surface area contributed by atoms with Crippen LogP contribution in [0.5, 0.6) is 5.75 Å². The number of nitrogens with one attached hydrogen (secondary N) is 1. The first-order valence-corrected chi connectivity index (χ1v) is 10.7. The Hall–Kier alpha value is -3.83. The Morgan fingerprint density at radius 2 is 1.66 bits per heavy atom. The first-order valence-electron chi connectivity index (χ1n) is 10.3. The lowest BCUT2D eigenvalue weighted by Gasteiger charge is -2.14. The van der Waals surface area contributed by atoms with Gasteiger partial charge in [-0.3, -0.25) is 0 Å². The molecular formula is C26H19ClN3O2+. The summed E-state index contributed by atoms with van der Waals surface area (Å²) in [7, 11) is 3.64. The van der Waals surface area contributed by atoms with Gasteiger partial charge in [0, 0.05) is 22.1 Å². The minimum atomic E-state index is -0.0486. The summed E-state index contributed by atoms with van der Waals surface area (Å²) < 4.78 is 9.13. The van der Waals surface area contributed by atoms with Crippen LogP contribution in [0.4, 0.5) is 11.4 Å². The van der Waals surface area contributed by atoms with E-state index in [4.69, 9.17) is 16.3 Å². The van der Waals surface area contributed by atoms with E-state index in [0.29, 0.717) is 10.4 Å². The van der Waals surface area contributed by atoms with Crippen molar-refractivity contribution < 1.29 is 9.30 Å². The molecule has 6 heteroatoms. The van der Waals surface area contributed by atoms with Crippen LogP contribution < -0.4 is 20.2 Å². The van der Waals surface area contributed by atoms with Crippen LogP contribution in [0.15, 0.2) is 77.6 Å². The first-order chi connectivity index (χ1) is 15.6. The molecule has 32 heavy (non-hydrogen) atoms. The summed E-state index contributed by atoms with van der Waals surface area (Å²) in [5, 5.41) is 7.39. The zero-order valence-electron chi connectivity index (χ0n) is 17.5. The van der Waals surface area contributed by atoms with Crippen LogP contribution in [0.1, 0.15) is 0 Å². The molecule has 0 aliphatic rings. The van der Waals surface area contributed by atoms with Crippen LogP contribution in [-0.2, 0) is 7.05 Å². The van der Waals surface area contributed by atoms with Crippen molar-refractivity contribution in [2.75, 3.05) is 12.4 Å². The Morgan fingerprint density at radius 3 is 2.44 bits per heavy atom. The fourth-order valence-corrected chi connectivity index (χ4v) is 4.95. The van der Waals surface area contributed by atoms with Crippen LogP contribution in [0, 0.1) is 0 Å². The number of benzene rings is 4. The molecule has 156 valence electrons. The third-order valence-electron chi connectivity index (χ3n) is 6.17. The third-order valence-corrected chi connectivity index (χ3v) is 6.48. The van der Waals surface area contributed by atoms with Gasteiger partial charge in [0.15, 0.2) is 11.0 Å². The van der Waals surface area contributed by atoms with Crippen molar-refractivity contribution in [3.8, 4) is 5.75 Å². The second-order valence-electron chi connectivity index (χ2n) is 7.87. The molecule has 5 nitrogen and oxygen atoms in total. The molecule has 4 aromatic carbocycles. The van der Waals surface area contributed by atoms with Gasteiger partial charge in [0.1, 0.15) is 5.75 Å². The number of hydrogen-bond acceptors (Lipinski definition) is 3. The molecule has 2 aromatic heterocycles. The van der Waals surface area contributed by atoms with Gasteiger partial charge >= 0.3 is 5.56 Å². The Morgan fingerprint density at radius 1 is 0.906 bits per heavy atom. The number of hydrogen-bond donors (Lipinski definition) is 1. The second-order valence-corrected chi connectivity index (χ2v) is 8.28. The van der Waals surface area contributed by atoms with Gasteiger partial charge in [-0.15, -0.1) is 0 Å². The minimum absolute atomic E-state index is 0.0486. The number of aryl methyl sites for hydroxylation is 1. The first kappa shape index (κ1) is 18.9. The summed E-state index contributed by atoms with van der Waals surface area (Å²) in [5.74, 6) is 0.788. The Kier molecular flexibility index (Phi) is 4.04. The van der Waals surface area contributed by atoms with E-state index in [-0.39, 0.29) is 5.56 Å². The molecule has 1 N–H and O–H groups in total. The highest BCUT2D eigenvalue weighted by Crippen LogP contribution is 2.38. The van der Waals surface area contributed by atoms with Crippen molar-refractivity contribution in [3.05, 3.63) is 88.2 Å². The number of anilines is 2. The maximum Gasteiger partial charge on any atom is 0.347 e. The molecule has 0 bridgehead atoms. The van der Waals surface area contributed by atoms with Gasteiger partial charge in [-0.25, -0.2) is 9.36 Å². The smallest absolute Gasteiger partial charge is 0.347 e. The monoisotopic (exact) mass is 440 g/mol. The fraction of sp³-hybridized carbons (Fsp3) is 0.0769. The molecular weight excluding hydrogens is 422 g/mol. The van der Waals surface area contributed by atoms with Crippen LogP contribution in [0.2, 0.25) is 5.02 Å². The average molecular weight is 441 g/mol. The molecule has 0 saturated carbocycles. The van der Waals surface area contributed by atoms with Gasteiger partial charge in [-0.05, 0) is 60.7 Å². The SMILES string of the molecule is COc1ccc(Nc2ccc3c4c2c(Cl)ccc4c(=O)n2c4ccccc4[n+](C)c32)cc1. The van der Waals surface area contributed by atoms with Gasteiger partial charge < -0.3 is 10.1 Å². The van der Waals surface area contributed by atoms with Gasteiger partial charge in [-0.1, -0.05) is 23.7 Å². The van der Waals surface area contributed by atoms with E-state index in [1.54, 1.807) is 17.6 Å². The zero-order chi connectivity index (χ0) is 22.0. The van der Waals surface area contributed by atoms with Gasteiger partial charge in [0.25, 0.3) is 5.65 Å². The van der Waals surface area contributed by atoms with E-state index in [0.717, 1.165) is 50.0 Å². The molecule has 0 aliphatic carbocycles. The predicted octanol–water partition coefficient (Wildman–Crippen LogP) is 5.43. The normalized spacial score (nSPS) is 11.7. The van der Waals surface area contributed by atoms with Crippen LogP contribution in [-0.4, -0.2) is 11.5 Å². The number of nitrogens with zero attached hydrogens (tertiary/aromatic N) is 2. The number of pyridine rings is 1. The number of ether oxygens (including phenoxy) is 1. The number of halogens is 1. The van der Waals surface area contributed by atoms with Crippen molar-refractivity contribution in [1.82, 2.24) is 4.40 Å². The lowest BCUT2D eigenvalue weighted by Crippen LogP contribution is -2.29. The van der Waals surface area contributed by atoms with Gasteiger partial charge in [0.05, 0.1) is 30.0 Å². The zero-order valence-corrected chi connectivity index (χ0v) is 18.3. The van der Waals surface area contributed by atoms with Gasteiger partial charge in [-0.2, -0.15) is 4.40 Å². The summed E-state index contributed by atoms with van der Waals surface area (Å²) in [6, 6.07) is 23.4. The van der Waals surface area contributed by atoms with E-state index in [1.165, 1.54) is 0 Å². The van der Waals surface area contributed by atoms with E-state index in [1.807, 2.05) is 67.7 Å². The highest BCUT2D eigenvalue weighted by molar-refractivity contribution is 6.39. The Bertz CT molecular complexity index is 1720. The van der Waals surface area contributed by atoms with Crippen LogP contribution in [0.25, 0.3) is 38.2 Å². The van der Waals surface area contributed by atoms with Gasteiger partial charge in [0.2, 0.25) is 0 Å². The van der Waals surface area contributed by atoms with E-state index in [9.17, 15) is 4.79 Å². The lowest BCUT2D eigenvalue weighted by atomic mass is 10.0. The Balaban J connectivity index is 1.71. The van der Waals surface area contributed by atoms with E-state index in [2.05, 4.69) is 16.0 Å². The summed E-state index contributed by atoms with van der Waals surface area (Å²) in [6.45, 7) is 0. The topological polar surface area (TPSA) is 46.6 Å². The van der Waals surface area contributed by atoms with E-state index < -0.39 is 0 Å². The molecule has 0 amide bonds.